The maximum absolute atomic E-state index is 13.9. The van der Waals surface area contributed by atoms with Gasteiger partial charge in [-0.15, -0.1) is 0 Å². The number of aromatic nitrogens is 6. The molecule has 1 saturated heterocycles. The number of fused-ring (bicyclic) bond motifs is 2. The standard InChI is InChI=1S/C31H33BrN8O3/c1-16(2)8-19-6-7-26(32)36-29(19)37-30(43)23-10-31(5)11-25(31)40(23)27(42)15-39-24-14-35-22(20-12-33-18(4)34-13-20)9-21(24)28(38-39)17(3)41/h6-7,9,12-14,16,23,25H,8,10-11,15H2,1-5H3,(H,36,37,43)/t23-,25?,31-/m0/s1. The number of amides is 2. The number of anilines is 1. The molecule has 2 aliphatic rings. The zero-order valence-corrected chi connectivity index (χ0v) is 26.3. The number of rotatable bonds is 8. The molecule has 1 saturated carbocycles. The Kier molecular flexibility index (Phi) is 7.35. The van der Waals surface area contributed by atoms with E-state index in [1.165, 1.54) is 11.6 Å². The zero-order valence-electron chi connectivity index (χ0n) is 24.8. The van der Waals surface area contributed by atoms with Gasteiger partial charge in [0, 0.05) is 36.3 Å². The Bertz CT molecular complexity index is 1770. The van der Waals surface area contributed by atoms with Crippen LogP contribution in [0.15, 0.2) is 41.4 Å². The van der Waals surface area contributed by atoms with Crippen molar-refractivity contribution in [1.82, 2.24) is 34.6 Å². The second-order valence-electron chi connectivity index (χ2n) is 12.3. The Morgan fingerprint density at radius 1 is 1.12 bits per heavy atom. The fourth-order valence-electron chi connectivity index (χ4n) is 6.08. The molecule has 1 aliphatic heterocycles. The summed E-state index contributed by atoms with van der Waals surface area (Å²) >= 11 is 3.41. The smallest absolute Gasteiger partial charge is 0.248 e. The van der Waals surface area contributed by atoms with Gasteiger partial charge in [-0.2, -0.15) is 5.10 Å². The third-order valence-corrected chi connectivity index (χ3v) is 8.81. The number of ketones is 1. The van der Waals surface area contributed by atoms with Gasteiger partial charge in [0.15, 0.2) is 5.78 Å². The summed E-state index contributed by atoms with van der Waals surface area (Å²) in [5, 5.41) is 8.14. The number of likely N-dealkylation sites (tertiary alicyclic amines) is 1. The van der Waals surface area contributed by atoms with Crippen LogP contribution in [-0.2, 0) is 22.6 Å². The fraction of sp³-hybridized carbons (Fsp3) is 0.419. The molecule has 11 nitrogen and oxygen atoms in total. The quantitative estimate of drug-likeness (QED) is 0.214. The highest BCUT2D eigenvalue weighted by Gasteiger charge is 2.64. The van der Waals surface area contributed by atoms with Gasteiger partial charge in [-0.1, -0.05) is 26.8 Å². The molecular formula is C31H33BrN8O3. The molecule has 1 N–H and O–H groups in total. The molecule has 4 aromatic rings. The van der Waals surface area contributed by atoms with E-state index in [4.69, 9.17) is 0 Å². The van der Waals surface area contributed by atoms with Crippen LogP contribution in [0, 0.1) is 18.3 Å². The largest absolute Gasteiger partial charge is 0.325 e. The number of nitrogens with zero attached hydrogens (tertiary/aromatic N) is 7. The molecule has 6 rings (SSSR count). The number of pyridine rings is 2. The van der Waals surface area contributed by atoms with Crippen molar-refractivity contribution in [3.63, 3.8) is 0 Å². The molecule has 0 spiro atoms. The van der Waals surface area contributed by atoms with Crippen molar-refractivity contribution in [2.75, 3.05) is 5.32 Å². The first-order valence-electron chi connectivity index (χ1n) is 14.4. The number of Topliss-reactive ketones (excluding diaryl/α,β-unsaturated/α-hetero) is 1. The van der Waals surface area contributed by atoms with Crippen molar-refractivity contribution >= 4 is 50.2 Å². The summed E-state index contributed by atoms with van der Waals surface area (Å²) in [5.74, 6) is 0.835. The number of carbonyl (C=O) groups is 3. The minimum atomic E-state index is -0.635. The first-order chi connectivity index (χ1) is 20.4. The Morgan fingerprint density at radius 2 is 1.86 bits per heavy atom. The summed E-state index contributed by atoms with van der Waals surface area (Å²) in [5.41, 5.74) is 2.97. The van der Waals surface area contributed by atoms with E-state index in [0.29, 0.717) is 50.7 Å². The lowest BCUT2D eigenvalue weighted by atomic mass is 10.0. The van der Waals surface area contributed by atoms with Crippen molar-refractivity contribution in [2.45, 2.75) is 72.5 Å². The van der Waals surface area contributed by atoms with Crippen LogP contribution in [0.25, 0.3) is 22.2 Å². The zero-order chi connectivity index (χ0) is 30.6. The van der Waals surface area contributed by atoms with E-state index in [1.807, 2.05) is 12.1 Å². The number of piperidine rings is 1. The van der Waals surface area contributed by atoms with Gasteiger partial charge in [0.2, 0.25) is 11.8 Å². The molecule has 1 unspecified atom stereocenters. The maximum Gasteiger partial charge on any atom is 0.248 e. The van der Waals surface area contributed by atoms with Crippen LogP contribution in [0.2, 0.25) is 0 Å². The lowest BCUT2D eigenvalue weighted by molar-refractivity contribution is -0.138. The predicted octanol–water partition coefficient (Wildman–Crippen LogP) is 4.77. The van der Waals surface area contributed by atoms with Crippen LogP contribution in [0.3, 0.4) is 0 Å². The number of aryl methyl sites for hydroxylation is 1. The van der Waals surface area contributed by atoms with Gasteiger partial charge in [-0.05, 0) is 71.1 Å². The molecule has 12 heteroatoms. The third-order valence-electron chi connectivity index (χ3n) is 8.37. The van der Waals surface area contributed by atoms with Gasteiger partial charge in [-0.25, -0.2) is 15.0 Å². The summed E-state index contributed by atoms with van der Waals surface area (Å²) in [6.45, 7) is 9.47. The van der Waals surface area contributed by atoms with Crippen LogP contribution in [0.4, 0.5) is 5.82 Å². The molecule has 5 heterocycles. The number of halogens is 1. The SMILES string of the molecule is CC(=O)c1nn(CC(=O)N2C3C[C@]3(C)C[C@H]2C(=O)Nc2nc(Br)ccc2CC(C)C)c2cnc(-c3cnc(C)nc3)cc12. The molecule has 4 aromatic heterocycles. The highest BCUT2D eigenvalue weighted by atomic mass is 79.9. The number of carbonyl (C=O) groups excluding carboxylic acids is 3. The van der Waals surface area contributed by atoms with E-state index in [2.05, 4.69) is 67.1 Å². The number of hydrogen-bond acceptors (Lipinski definition) is 8. The van der Waals surface area contributed by atoms with Crippen molar-refractivity contribution in [3.8, 4) is 11.3 Å². The monoisotopic (exact) mass is 644 g/mol. The normalized spacial score (nSPS) is 20.9. The van der Waals surface area contributed by atoms with E-state index in [-0.39, 0.29) is 41.3 Å². The molecule has 222 valence electrons. The van der Waals surface area contributed by atoms with Crippen LogP contribution >= 0.6 is 15.9 Å². The molecule has 3 atom stereocenters. The molecule has 2 fully saturated rings. The van der Waals surface area contributed by atoms with Crippen molar-refractivity contribution in [2.24, 2.45) is 11.3 Å². The van der Waals surface area contributed by atoms with Crippen LogP contribution < -0.4 is 5.32 Å². The topological polar surface area (TPSA) is 136 Å². The van der Waals surface area contributed by atoms with Crippen molar-refractivity contribution < 1.29 is 14.4 Å². The summed E-state index contributed by atoms with van der Waals surface area (Å²) < 4.78 is 2.14. The van der Waals surface area contributed by atoms with Crippen LogP contribution in [0.5, 0.6) is 0 Å². The first kappa shape index (κ1) is 29.0. The molecule has 2 amide bonds. The van der Waals surface area contributed by atoms with Gasteiger partial charge in [-0.3, -0.25) is 24.0 Å². The van der Waals surface area contributed by atoms with Crippen LogP contribution in [-0.4, -0.2) is 64.3 Å². The van der Waals surface area contributed by atoms with Crippen molar-refractivity contribution in [3.05, 3.63) is 58.5 Å². The average molecular weight is 646 g/mol. The highest BCUT2D eigenvalue weighted by molar-refractivity contribution is 9.10. The fourth-order valence-corrected chi connectivity index (χ4v) is 6.39. The summed E-state index contributed by atoms with van der Waals surface area (Å²) in [7, 11) is 0. The molecule has 0 bridgehead atoms. The van der Waals surface area contributed by atoms with Gasteiger partial charge in [0.05, 0.1) is 17.4 Å². The summed E-state index contributed by atoms with van der Waals surface area (Å²) in [4.78, 5) is 59.4. The van der Waals surface area contributed by atoms with Gasteiger partial charge >= 0.3 is 0 Å². The van der Waals surface area contributed by atoms with Gasteiger partial charge in [0.25, 0.3) is 0 Å². The van der Waals surface area contributed by atoms with Gasteiger partial charge < -0.3 is 10.2 Å². The van der Waals surface area contributed by atoms with E-state index in [9.17, 15) is 14.4 Å². The van der Waals surface area contributed by atoms with Crippen molar-refractivity contribution in [1.29, 1.82) is 0 Å². The third kappa shape index (κ3) is 5.55. The van der Waals surface area contributed by atoms with E-state index in [1.54, 1.807) is 36.5 Å². The van der Waals surface area contributed by atoms with Gasteiger partial charge in [0.1, 0.15) is 34.5 Å². The second kappa shape index (κ2) is 10.9. The molecular weight excluding hydrogens is 612 g/mol. The minimum Gasteiger partial charge on any atom is -0.325 e. The predicted molar refractivity (Wildman–Crippen MR) is 164 cm³/mol. The molecule has 0 radical (unpaired) electrons. The molecule has 43 heavy (non-hydrogen) atoms. The lowest BCUT2D eigenvalue weighted by Crippen LogP contribution is -2.47. The molecule has 1 aliphatic carbocycles. The summed E-state index contributed by atoms with van der Waals surface area (Å²) in [6, 6.07) is 4.94. The Hall–Kier alpha value is -4.06. The Labute approximate surface area is 257 Å². The Morgan fingerprint density at radius 3 is 2.56 bits per heavy atom. The number of hydrogen-bond donors (Lipinski definition) is 1. The van der Waals surface area contributed by atoms with Crippen LogP contribution in [0.1, 0.15) is 62.4 Å². The summed E-state index contributed by atoms with van der Waals surface area (Å²) in [6.07, 6.45) is 7.16. The lowest BCUT2D eigenvalue weighted by Gasteiger charge is -2.27. The van der Waals surface area contributed by atoms with E-state index < -0.39 is 6.04 Å². The average Bonchev–Trinajstić information content (AvgIpc) is 3.32. The second-order valence-corrected chi connectivity index (χ2v) is 13.1. The molecule has 0 aromatic carbocycles. The maximum atomic E-state index is 13.9. The first-order valence-corrected chi connectivity index (χ1v) is 15.2. The van der Waals surface area contributed by atoms with E-state index >= 15 is 0 Å². The minimum absolute atomic E-state index is 0.0262. The Balaban J connectivity index is 1.27. The van der Waals surface area contributed by atoms with E-state index in [0.717, 1.165) is 18.4 Å². The number of nitrogens with one attached hydrogen (secondary N) is 1. The highest BCUT2D eigenvalue weighted by Crippen LogP contribution is 2.59.